The van der Waals surface area contributed by atoms with Crippen molar-refractivity contribution in [3.05, 3.63) is 35.9 Å². The Kier molecular flexibility index (Phi) is 4.39. The summed E-state index contributed by atoms with van der Waals surface area (Å²) in [5, 5.41) is 13.1. The molecule has 0 saturated heterocycles. The first-order chi connectivity index (χ1) is 10.1. The Balaban J connectivity index is 2.43. The number of fused-ring (bicyclic) bond motifs is 1. The van der Waals surface area contributed by atoms with Gasteiger partial charge in [0.25, 0.3) is 0 Å². The van der Waals surface area contributed by atoms with Gasteiger partial charge in [0.15, 0.2) is 0 Å². The number of nitriles is 1. The smallest absolute Gasteiger partial charge is 0.328 e. The second kappa shape index (κ2) is 6.23. The summed E-state index contributed by atoms with van der Waals surface area (Å²) in [5.74, 6) is 0.184. The second-order valence-electron chi connectivity index (χ2n) is 5.07. The Morgan fingerprint density at radius 2 is 2.10 bits per heavy atom. The average molecular weight is 283 g/mol. The van der Waals surface area contributed by atoms with Crippen molar-refractivity contribution in [3.8, 4) is 6.07 Å². The number of benzene rings is 1. The van der Waals surface area contributed by atoms with Gasteiger partial charge >= 0.3 is 5.97 Å². The van der Waals surface area contributed by atoms with E-state index < -0.39 is 6.04 Å². The summed E-state index contributed by atoms with van der Waals surface area (Å²) < 4.78 is 4.80. The molecule has 5 heteroatoms. The highest BCUT2D eigenvalue weighted by atomic mass is 16.5. The first kappa shape index (κ1) is 14.8. The molecule has 1 atom stereocenters. The van der Waals surface area contributed by atoms with Gasteiger partial charge in [-0.1, -0.05) is 32.0 Å². The second-order valence-corrected chi connectivity index (χ2v) is 5.07. The van der Waals surface area contributed by atoms with E-state index >= 15 is 0 Å². The zero-order chi connectivity index (χ0) is 15.4. The van der Waals surface area contributed by atoms with Crippen LogP contribution in [0.5, 0.6) is 0 Å². The number of nitrogens with zero attached hydrogens (tertiary/aromatic N) is 2. The first-order valence-corrected chi connectivity index (χ1v) is 6.71. The average Bonchev–Trinajstić information content (AvgIpc) is 2.50. The van der Waals surface area contributed by atoms with E-state index in [1.807, 2.05) is 38.1 Å². The molecule has 2 rings (SSSR count). The van der Waals surface area contributed by atoms with E-state index in [2.05, 4.69) is 16.4 Å². The first-order valence-electron chi connectivity index (χ1n) is 6.71. The minimum atomic E-state index is -0.504. The molecule has 1 N–H and O–H groups in total. The van der Waals surface area contributed by atoms with Crippen molar-refractivity contribution in [2.75, 3.05) is 12.4 Å². The lowest BCUT2D eigenvalue weighted by Crippen LogP contribution is -2.35. The molecule has 0 aliphatic heterocycles. The standard InChI is InChI=1S/C16H17N3O2/c1-10(2)15(16(20)21-3)19-14-8-11(9-17)12-6-4-5-7-13(12)18-14/h4-8,10,15H,1-3H3,(H,18,19). The summed E-state index contributed by atoms with van der Waals surface area (Å²) in [6, 6.07) is 10.7. The van der Waals surface area contributed by atoms with Gasteiger partial charge in [-0.15, -0.1) is 0 Å². The Hall–Kier alpha value is -2.61. The van der Waals surface area contributed by atoms with Gasteiger partial charge in [-0.25, -0.2) is 9.78 Å². The normalized spacial score (nSPS) is 12.0. The molecule has 5 nitrogen and oxygen atoms in total. The van der Waals surface area contributed by atoms with Crippen LogP contribution in [0.25, 0.3) is 10.9 Å². The number of esters is 1. The van der Waals surface area contributed by atoms with E-state index in [0.717, 1.165) is 5.39 Å². The van der Waals surface area contributed by atoms with Crippen LogP contribution in [0, 0.1) is 17.2 Å². The van der Waals surface area contributed by atoms with Crippen LogP contribution in [-0.2, 0) is 9.53 Å². The van der Waals surface area contributed by atoms with Crippen molar-refractivity contribution in [1.29, 1.82) is 5.26 Å². The summed E-state index contributed by atoms with van der Waals surface area (Å²) in [4.78, 5) is 16.3. The highest BCUT2D eigenvalue weighted by molar-refractivity contribution is 5.87. The Labute approximate surface area is 123 Å². The van der Waals surface area contributed by atoms with Crippen LogP contribution in [0.4, 0.5) is 5.82 Å². The summed E-state index contributed by atoms with van der Waals surface area (Å²) in [6.07, 6.45) is 0. The third kappa shape index (κ3) is 3.11. The molecule has 0 bridgehead atoms. The predicted molar refractivity (Wildman–Crippen MR) is 80.7 cm³/mol. The zero-order valence-electron chi connectivity index (χ0n) is 12.3. The molecular weight excluding hydrogens is 266 g/mol. The van der Waals surface area contributed by atoms with Crippen molar-refractivity contribution < 1.29 is 9.53 Å². The summed E-state index contributed by atoms with van der Waals surface area (Å²) >= 11 is 0. The number of nitrogens with one attached hydrogen (secondary N) is 1. The maximum Gasteiger partial charge on any atom is 0.328 e. The Morgan fingerprint density at radius 3 is 2.71 bits per heavy atom. The Morgan fingerprint density at radius 1 is 1.38 bits per heavy atom. The maximum absolute atomic E-state index is 11.8. The molecule has 21 heavy (non-hydrogen) atoms. The van der Waals surface area contributed by atoms with Crippen molar-refractivity contribution in [3.63, 3.8) is 0 Å². The van der Waals surface area contributed by atoms with E-state index in [1.165, 1.54) is 7.11 Å². The molecule has 0 radical (unpaired) electrons. The summed E-state index contributed by atoms with van der Waals surface area (Å²) in [5.41, 5.74) is 1.24. The van der Waals surface area contributed by atoms with Gasteiger partial charge in [-0.05, 0) is 18.1 Å². The van der Waals surface area contributed by atoms with E-state index in [9.17, 15) is 10.1 Å². The summed E-state index contributed by atoms with van der Waals surface area (Å²) in [7, 11) is 1.36. The lowest BCUT2D eigenvalue weighted by atomic mass is 10.0. The Bertz CT molecular complexity index is 704. The molecule has 2 aromatic rings. The molecule has 0 amide bonds. The fourth-order valence-electron chi connectivity index (χ4n) is 2.13. The topological polar surface area (TPSA) is 75.0 Å². The fraction of sp³-hybridized carbons (Fsp3) is 0.312. The number of rotatable bonds is 4. The van der Waals surface area contributed by atoms with Crippen LogP contribution in [0.15, 0.2) is 30.3 Å². The molecule has 0 fully saturated rings. The van der Waals surface area contributed by atoms with Crippen molar-refractivity contribution in [2.24, 2.45) is 5.92 Å². The molecule has 1 unspecified atom stereocenters. The number of methoxy groups -OCH3 is 1. The number of hydrogen-bond donors (Lipinski definition) is 1. The fourth-order valence-corrected chi connectivity index (χ4v) is 2.13. The van der Waals surface area contributed by atoms with Gasteiger partial charge in [-0.2, -0.15) is 5.26 Å². The quantitative estimate of drug-likeness (QED) is 0.873. The summed E-state index contributed by atoms with van der Waals surface area (Å²) in [6.45, 7) is 3.83. The van der Waals surface area contributed by atoms with Gasteiger partial charge in [0.05, 0.1) is 24.3 Å². The van der Waals surface area contributed by atoms with E-state index in [-0.39, 0.29) is 11.9 Å². The number of pyridine rings is 1. The minimum absolute atomic E-state index is 0.0382. The largest absolute Gasteiger partial charge is 0.467 e. The SMILES string of the molecule is COC(=O)C(Nc1cc(C#N)c2ccccc2n1)C(C)C. The van der Waals surface area contributed by atoms with Gasteiger partial charge in [0.2, 0.25) is 0 Å². The van der Waals surface area contributed by atoms with Gasteiger partial charge < -0.3 is 10.1 Å². The predicted octanol–water partition coefficient (Wildman–Crippen LogP) is 2.72. The molecule has 0 aliphatic rings. The third-order valence-electron chi connectivity index (χ3n) is 3.26. The van der Waals surface area contributed by atoms with E-state index in [1.54, 1.807) is 6.07 Å². The molecule has 1 heterocycles. The minimum Gasteiger partial charge on any atom is -0.467 e. The van der Waals surface area contributed by atoms with Crippen LogP contribution in [0.3, 0.4) is 0 Å². The van der Waals surface area contributed by atoms with Crippen LogP contribution >= 0.6 is 0 Å². The monoisotopic (exact) mass is 283 g/mol. The van der Waals surface area contributed by atoms with Gasteiger partial charge in [0.1, 0.15) is 11.9 Å². The lowest BCUT2D eigenvalue weighted by molar-refractivity contribution is -0.142. The molecule has 1 aromatic heterocycles. The molecule has 1 aromatic carbocycles. The molecular formula is C16H17N3O2. The van der Waals surface area contributed by atoms with Crippen LogP contribution in [0.1, 0.15) is 19.4 Å². The van der Waals surface area contributed by atoms with E-state index in [0.29, 0.717) is 16.9 Å². The third-order valence-corrected chi connectivity index (χ3v) is 3.26. The van der Waals surface area contributed by atoms with Crippen molar-refractivity contribution in [1.82, 2.24) is 4.98 Å². The number of anilines is 1. The molecule has 0 saturated carbocycles. The molecule has 108 valence electrons. The van der Waals surface area contributed by atoms with Gasteiger partial charge in [0, 0.05) is 5.39 Å². The van der Waals surface area contributed by atoms with Crippen molar-refractivity contribution >= 4 is 22.7 Å². The van der Waals surface area contributed by atoms with Gasteiger partial charge in [-0.3, -0.25) is 0 Å². The number of ether oxygens (including phenoxy) is 1. The molecule has 0 aliphatic carbocycles. The number of aromatic nitrogens is 1. The van der Waals surface area contributed by atoms with E-state index in [4.69, 9.17) is 4.74 Å². The van der Waals surface area contributed by atoms with Crippen molar-refractivity contribution in [2.45, 2.75) is 19.9 Å². The van der Waals surface area contributed by atoms with Crippen LogP contribution in [0.2, 0.25) is 0 Å². The number of carbonyl (C=O) groups excluding carboxylic acids is 1. The van der Waals surface area contributed by atoms with Crippen LogP contribution in [-0.4, -0.2) is 24.1 Å². The zero-order valence-corrected chi connectivity index (χ0v) is 12.3. The number of carbonyl (C=O) groups is 1. The lowest BCUT2D eigenvalue weighted by Gasteiger charge is -2.20. The number of hydrogen-bond acceptors (Lipinski definition) is 5. The number of para-hydroxylation sites is 1. The molecule has 0 spiro atoms. The maximum atomic E-state index is 11.8. The highest BCUT2D eigenvalue weighted by Gasteiger charge is 2.23. The highest BCUT2D eigenvalue weighted by Crippen LogP contribution is 2.21. The van der Waals surface area contributed by atoms with Crippen LogP contribution < -0.4 is 5.32 Å².